The van der Waals surface area contributed by atoms with Gasteiger partial charge in [0.25, 0.3) is 0 Å². The van der Waals surface area contributed by atoms with Gasteiger partial charge < -0.3 is 4.74 Å². The maximum absolute atomic E-state index is 13.9. The van der Waals surface area contributed by atoms with Gasteiger partial charge in [0.15, 0.2) is 5.78 Å². The van der Waals surface area contributed by atoms with Crippen molar-refractivity contribution in [3.63, 3.8) is 0 Å². The van der Waals surface area contributed by atoms with E-state index in [4.69, 9.17) is 4.74 Å². The summed E-state index contributed by atoms with van der Waals surface area (Å²) in [6.07, 6.45) is 8.09. The molecular formula is C24H22O3. The van der Waals surface area contributed by atoms with Gasteiger partial charge in [0.05, 0.1) is 17.1 Å². The lowest BCUT2D eigenvalue weighted by atomic mass is 9.29. The number of benzene rings is 1. The maximum Gasteiger partial charge on any atom is 0.166 e. The zero-order valence-corrected chi connectivity index (χ0v) is 15.1. The van der Waals surface area contributed by atoms with Crippen molar-refractivity contribution >= 4 is 11.6 Å². The Labute approximate surface area is 158 Å². The second-order valence-electron chi connectivity index (χ2n) is 10.2. The zero-order chi connectivity index (χ0) is 17.7. The van der Waals surface area contributed by atoms with Crippen LogP contribution in [-0.2, 0) is 9.53 Å². The first kappa shape index (κ1) is 14.3. The number of rotatable bonds is 2. The normalized spacial score (nSPS) is 59.3. The second kappa shape index (κ2) is 4.00. The lowest BCUT2D eigenvalue weighted by Crippen LogP contribution is -2.81. The highest BCUT2D eigenvalue weighted by molar-refractivity contribution is 6.02. The molecule has 136 valence electrons. The number of Topliss-reactive ketones (excluding diaryl/α,β-unsaturated/α-hetero) is 2. The maximum atomic E-state index is 13.9. The third-order valence-electron chi connectivity index (χ3n) is 10.1. The second-order valence-corrected chi connectivity index (χ2v) is 10.2. The van der Waals surface area contributed by atoms with E-state index in [9.17, 15) is 9.59 Å². The van der Waals surface area contributed by atoms with Gasteiger partial charge in [0, 0.05) is 29.2 Å². The van der Waals surface area contributed by atoms with Crippen LogP contribution in [0.15, 0.2) is 42.5 Å². The smallest absolute Gasteiger partial charge is 0.166 e. The molecule has 10 rings (SSSR count). The van der Waals surface area contributed by atoms with E-state index in [-0.39, 0.29) is 46.6 Å². The monoisotopic (exact) mass is 358 g/mol. The van der Waals surface area contributed by atoms with Gasteiger partial charge in [0.1, 0.15) is 5.78 Å². The van der Waals surface area contributed by atoms with Crippen molar-refractivity contribution in [2.24, 2.45) is 52.8 Å². The molecule has 0 unspecified atom stereocenters. The number of hydrogen-bond acceptors (Lipinski definition) is 3. The van der Waals surface area contributed by atoms with Crippen LogP contribution in [0, 0.1) is 52.8 Å². The first-order chi connectivity index (χ1) is 13.2. The molecule has 0 aromatic heterocycles. The van der Waals surface area contributed by atoms with Crippen LogP contribution in [-0.4, -0.2) is 23.3 Å². The van der Waals surface area contributed by atoms with Gasteiger partial charge in [-0.05, 0) is 42.9 Å². The molecule has 0 radical (unpaired) electrons. The van der Waals surface area contributed by atoms with Gasteiger partial charge in [-0.25, -0.2) is 0 Å². The average Bonchev–Trinajstić information content (AvgIpc) is 2.97. The molecule has 7 fully saturated rings. The van der Waals surface area contributed by atoms with Crippen molar-refractivity contribution in [2.45, 2.75) is 31.0 Å². The van der Waals surface area contributed by atoms with Crippen LogP contribution in [0.25, 0.3) is 0 Å². The Hall–Kier alpha value is -1.74. The van der Waals surface area contributed by atoms with Crippen LogP contribution >= 0.6 is 0 Å². The third kappa shape index (κ3) is 1.11. The summed E-state index contributed by atoms with van der Waals surface area (Å²) in [5, 5.41) is 0. The van der Waals surface area contributed by atoms with E-state index >= 15 is 0 Å². The number of ether oxygens (including phenoxy) is 1. The zero-order valence-electron chi connectivity index (χ0n) is 15.1. The van der Waals surface area contributed by atoms with E-state index in [1.165, 1.54) is 12.8 Å². The van der Waals surface area contributed by atoms with Crippen molar-refractivity contribution in [3.8, 4) is 0 Å². The number of hydrogen-bond donors (Lipinski definition) is 0. The Morgan fingerprint density at radius 3 is 2.70 bits per heavy atom. The molecule has 11 atom stereocenters. The molecule has 1 heterocycles. The number of ketones is 2. The van der Waals surface area contributed by atoms with Gasteiger partial charge in [0.2, 0.25) is 0 Å². The Morgan fingerprint density at radius 1 is 1.04 bits per heavy atom. The highest BCUT2D eigenvalue weighted by Gasteiger charge is 2.96. The number of carbonyl (C=O) groups excluding carboxylic acids is 2. The van der Waals surface area contributed by atoms with E-state index in [1.807, 2.05) is 30.3 Å². The SMILES string of the molecule is O=C(c1ccccc1)[C@@H]1C[C@@H]2C=C[C@H]1[C@]13C(=O)[C@H]4[C@@H]5CC[C@@H]6[C@H]4O[C@]21[C@@H]6[C@@H]53. The Morgan fingerprint density at radius 2 is 1.85 bits per heavy atom. The van der Waals surface area contributed by atoms with Gasteiger partial charge in [-0.3, -0.25) is 9.59 Å². The fourth-order valence-corrected chi connectivity index (χ4v) is 9.79. The Kier molecular flexibility index (Phi) is 2.12. The van der Waals surface area contributed by atoms with Crippen molar-refractivity contribution in [1.82, 2.24) is 0 Å². The van der Waals surface area contributed by atoms with Crippen LogP contribution in [0.1, 0.15) is 29.6 Å². The van der Waals surface area contributed by atoms with Crippen molar-refractivity contribution in [1.29, 1.82) is 0 Å². The molecule has 6 saturated carbocycles. The molecule has 1 aromatic carbocycles. The molecule has 1 aliphatic heterocycles. The first-order valence-corrected chi connectivity index (χ1v) is 10.7. The molecule has 3 heteroatoms. The quantitative estimate of drug-likeness (QED) is 0.602. The highest BCUT2D eigenvalue weighted by Crippen LogP contribution is 2.89. The summed E-state index contributed by atoms with van der Waals surface area (Å²) in [6.45, 7) is 0. The van der Waals surface area contributed by atoms with Gasteiger partial charge in [-0.2, -0.15) is 0 Å². The van der Waals surface area contributed by atoms with Gasteiger partial charge >= 0.3 is 0 Å². The summed E-state index contributed by atoms with van der Waals surface area (Å²) in [6, 6.07) is 9.69. The third-order valence-corrected chi connectivity index (χ3v) is 10.1. The minimum atomic E-state index is -0.370. The summed E-state index contributed by atoms with van der Waals surface area (Å²) in [5.74, 6) is 3.35. The molecule has 3 nitrogen and oxygen atoms in total. The van der Waals surface area contributed by atoms with Crippen molar-refractivity contribution in [3.05, 3.63) is 48.0 Å². The fraction of sp³-hybridized carbons (Fsp3) is 0.583. The molecule has 1 aromatic rings. The molecular weight excluding hydrogens is 336 g/mol. The predicted octanol–water partition coefficient (Wildman–Crippen LogP) is 3.30. The minimum absolute atomic E-state index is 0.0502. The summed E-state index contributed by atoms with van der Waals surface area (Å²) >= 11 is 0. The largest absolute Gasteiger partial charge is 0.369 e. The Bertz CT molecular complexity index is 965. The molecule has 0 N–H and O–H groups in total. The van der Waals surface area contributed by atoms with Crippen LogP contribution < -0.4 is 0 Å². The summed E-state index contributed by atoms with van der Waals surface area (Å²) in [5.41, 5.74) is 0.181. The van der Waals surface area contributed by atoms with E-state index in [1.54, 1.807) is 0 Å². The molecule has 1 saturated heterocycles. The van der Waals surface area contributed by atoms with E-state index < -0.39 is 0 Å². The summed E-state index contributed by atoms with van der Waals surface area (Å²) in [4.78, 5) is 27.3. The summed E-state index contributed by atoms with van der Waals surface area (Å²) in [7, 11) is 0. The first-order valence-electron chi connectivity index (χ1n) is 10.7. The predicted molar refractivity (Wildman–Crippen MR) is 96.7 cm³/mol. The van der Waals surface area contributed by atoms with Gasteiger partial charge in [-0.1, -0.05) is 42.5 Å². The van der Waals surface area contributed by atoms with Gasteiger partial charge in [-0.15, -0.1) is 0 Å². The van der Waals surface area contributed by atoms with Crippen molar-refractivity contribution < 1.29 is 14.3 Å². The minimum Gasteiger partial charge on any atom is -0.369 e. The average molecular weight is 358 g/mol. The molecule has 8 bridgehead atoms. The number of fused-ring (bicyclic) bond motifs is 2. The van der Waals surface area contributed by atoms with E-state index in [0.717, 1.165) is 12.0 Å². The fourth-order valence-electron chi connectivity index (χ4n) is 9.79. The standard InChI is InChI=1S/C24H22O3/c25-20(11-4-2-1-3-5-11)15-10-12-6-9-16(15)23-18-13-7-8-14-19(18)24(12,23)27-21(14)17(13)22(23)26/h1-6,9,12-19,21H,7-8,10H2/t12-,13-,14-,15+,16+,17-,18+,19-,21+,23-,24-/m0/s1. The van der Waals surface area contributed by atoms with E-state index in [0.29, 0.717) is 29.5 Å². The number of carbonyl (C=O) groups is 2. The molecule has 0 amide bonds. The molecule has 27 heavy (non-hydrogen) atoms. The lowest BCUT2D eigenvalue weighted by Gasteiger charge is -2.74. The summed E-state index contributed by atoms with van der Waals surface area (Å²) < 4.78 is 6.88. The molecule has 2 spiro atoms. The molecule has 9 aliphatic rings. The van der Waals surface area contributed by atoms with Crippen LogP contribution in [0.4, 0.5) is 0 Å². The van der Waals surface area contributed by atoms with Crippen LogP contribution in [0.3, 0.4) is 0 Å². The topological polar surface area (TPSA) is 43.4 Å². The van der Waals surface area contributed by atoms with Crippen LogP contribution in [0.2, 0.25) is 0 Å². The number of allylic oxidation sites excluding steroid dienone is 1. The van der Waals surface area contributed by atoms with E-state index in [2.05, 4.69) is 12.2 Å². The highest BCUT2D eigenvalue weighted by atomic mass is 16.5. The lowest BCUT2D eigenvalue weighted by molar-refractivity contribution is -0.301. The molecule has 8 aliphatic carbocycles. The Balaban J connectivity index is 1.32. The van der Waals surface area contributed by atoms with Crippen LogP contribution in [0.5, 0.6) is 0 Å². The van der Waals surface area contributed by atoms with Crippen molar-refractivity contribution in [2.75, 3.05) is 0 Å².